The van der Waals surface area contributed by atoms with E-state index in [1.807, 2.05) is 141 Å². The quantitative estimate of drug-likeness (QED) is 0.122. The summed E-state index contributed by atoms with van der Waals surface area (Å²) in [4.78, 5) is 46.7. The molecule has 0 saturated heterocycles. The first-order valence-electron chi connectivity index (χ1n) is 20.6. The summed E-state index contributed by atoms with van der Waals surface area (Å²) in [5.74, 6) is -1.46. The lowest BCUT2D eigenvalue weighted by Gasteiger charge is -2.31. The molecule has 3 atom stereocenters. The summed E-state index contributed by atoms with van der Waals surface area (Å²) < 4.78 is 1.73. The number of para-hydroxylation sites is 2. The van der Waals surface area contributed by atoms with Crippen LogP contribution in [0.5, 0.6) is 0 Å². The van der Waals surface area contributed by atoms with Crippen molar-refractivity contribution >= 4 is 46.2 Å². The van der Waals surface area contributed by atoms with Crippen LogP contribution in [0.25, 0.3) is 0 Å². The third kappa shape index (κ3) is 6.99. The second kappa shape index (κ2) is 16.2. The van der Waals surface area contributed by atoms with Crippen LogP contribution in [0.15, 0.2) is 140 Å². The molecule has 5 aromatic carbocycles. The van der Waals surface area contributed by atoms with Crippen LogP contribution in [0, 0.1) is 5.92 Å². The number of carbonyl (C=O) groups excluding carboxylic acids is 3. The minimum Gasteiger partial charge on any atom is -0.395 e. The van der Waals surface area contributed by atoms with Gasteiger partial charge in [-0.05, 0) is 84.0 Å². The standard InChI is InChI=1S/C49H46N6O5/c1-33(12-9-10-27-52-31-42(50-51-52)40(32-56)35-14-3-2-4-15-35)49(60)41-29-39(55-44-20-8-6-17-37(44)22-26-47(55)58)23-24-45(41)53(48(49)59)30-34-13-11-18-38(28-34)54-43-19-7-5-16-36(43)21-25-46(54)57/h2-9,11-20,23-24,28-29,31,33,40,56,60H,10,21-22,25-27,30,32H2,1H3/b12-9+/t33-,40?,49+/m0/s1. The molecule has 3 aliphatic heterocycles. The van der Waals surface area contributed by atoms with Gasteiger partial charge in [0.05, 0.1) is 41.8 Å². The summed E-state index contributed by atoms with van der Waals surface area (Å²) in [5.41, 5.74) is 6.56. The molecule has 0 radical (unpaired) electrons. The predicted octanol–water partition coefficient (Wildman–Crippen LogP) is 7.64. The number of aromatic nitrogens is 3. The second-order valence-electron chi connectivity index (χ2n) is 15.8. The smallest absolute Gasteiger partial charge is 0.264 e. The van der Waals surface area contributed by atoms with Crippen LogP contribution < -0.4 is 14.7 Å². The minimum absolute atomic E-state index is 0.00981. The van der Waals surface area contributed by atoms with E-state index in [1.54, 1.807) is 25.4 Å². The number of carbonyl (C=O) groups is 3. The van der Waals surface area contributed by atoms with Gasteiger partial charge >= 0.3 is 0 Å². The Bertz CT molecular complexity index is 2620. The Morgan fingerprint density at radius 2 is 1.38 bits per heavy atom. The fourth-order valence-corrected chi connectivity index (χ4v) is 8.91. The van der Waals surface area contributed by atoms with Crippen molar-refractivity contribution < 1.29 is 24.6 Å². The monoisotopic (exact) mass is 798 g/mol. The summed E-state index contributed by atoms with van der Waals surface area (Å²) >= 11 is 0. The molecule has 9 rings (SSSR count). The van der Waals surface area contributed by atoms with Gasteiger partial charge in [0, 0.05) is 48.4 Å². The van der Waals surface area contributed by atoms with E-state index >= 15 is 0 Å². The van der Waals surface area contributed by atoms with E-state index in [1.165, 1.54) is 0 Å². The Morgan fingerprint density at radius 3 is 2.07 bits per heavy atom. The van der Waals surface area contributed by atoms with Crippen molar-refractivity contribution in [2.75, 3.05) is 21.3 Å². The van der Waals surface area contributed by atoms with Gasteiger partial charge in [0.25, 0.3) is 5.91 Å². The number of aliphatic hydroxyl groups is 2. The van der Waals surface area contributed by atoms with Crippen LogP contribution in [-0.4, -0.2) is 49.5 Å². The van der Waals surface area contributed by atoms with Crippen molar-refractivity contribution in [2.45, 2.75) is 63.6 Å². The molecule has 11 nitrogen and oxygen atoms in total. The van der Waals surface area contributed by atoms with Gasteiger partial charge in [-0.15, -0.1) is 5.10 Å². The van der Waals surface area contributed by atoms with Crippen molar-refractivity contribution in [1.82, 2.24) is 15.0 Å². The third-order valence-electron chi connectivity index (χ3n) is 12.1. The number of rotatable bonds is 12. The number of benzene rings is 5. The van der Waals surface area contributed by atoms with E-state index < -0.39 is 17.4 Å². The molecule has 3 amide bonds. The maximum Gasteiger partial charge on any atom is 0.264 e. The zero-order valence-electron chi connectivity index (χ0n) is 33.4. The van der Waals surface area contributed by atoms with Crippen molar-refractivity contribution in [3.05, 3.63) is 173 Å². The molecule has 0 saturated carbocycles. The van der Waals surface area contributed by atoms with Crippen molar-refractivity contribution in [2.24, 2.45) is 5.92 Å². The number of anilines is 5. The van der Waals surface area contributed by atoms with E-state index in [-0.39, 0.29) is 30.9 Å². The third-order valence-corrected chi connectivity index (χ3v) is 12.1. The van der Waals surface area contributed by atoms with Crippen molar-refractivity contribution in [3.63, 3.8) is 0 Å². The first-order chi connectivity index (χ1) is 29.2. The van der Waals surface area contributed by atoms with E-state index in [9.17, 15) is 24.6 Å². The van der Waals surface area contributed by atoms with Gasteiger partial charge in [-0.2, -0.15) is 0 Å². The van der Waals surface area contributed by atoms with Gasteiger partial charge in [0.1, 0.15) is 0 Å². The van der Waals surface area contributed by atoms with Gasteiger partial charge in [-0.25, -0.2) is 0 Å². The molecule has 3 aliphatic rings. The number of amides is 3. The first-order valence-corrected chi connectivity index (χ1v) is 20.6. The molecule has 11 heteroatoms. The van der Waals surface area contributed by atoms with Gasteiger partial charge in [-0.1, -0.05) is 103 Å². The highest BCUT2D eigenvalue weighted by Gasteiger charge is 2.53. The summed E-state index contributed by atoms with van der Waals surface area (Å²) in [7, 11) is 0. The summed E-state index contributed by atoms with van der Waals surface area (Å²) in [6.07, 6.45) is 8.27. The molecule has 6 aromatic rings. The van der Waals surface area contributed by atoms with E-state index in [0.717, 1.165) is 33.6 Å². The molecule has 302 valence electrons. The Hall–Kier alpha value is -6.69. The Morgan fingerprint density at radius 1 is 0.733 bits per heavy atom. The normalized spacial score (nSPS) is 18.4. The van der Waals surface area contributed by atoms with Gasteiger partial charge in [-0.3, -0.25) is 28.9 Å². The number of nitrogens with zero attached hydrogens (tertiary/aromatic N) is 6. The number of hydrogen-bond acceptors (Lipinski definition) is 7. The summed E-state index contributed by atoms with van der Waals surface area (Å²) in [6, 6.07) is 38.6. The van der Waals surface area contributed by atoms with Crippen molar-refractivity contribution in [1.29, 1.82) is 0 Å². The number of fused-ring (bicyclic) bond motifs is 3. The highest BCUT2D eigenvalue weighted by molar-refractivity contribution is 6.09. The molecule has 0 fully saturated rings. The zero-order chi connectivity index (χ0) is 41.4. The average Bonchev–Trinajstić information content (AvgIpc) is 3.82. The molecule has 1 aromatic heterocycles. The lowest BCUT2D eigenvalue weighted by molar-refractivity contribution is -0.139. The number of allylic oxidation sites excluding steroid dienone is 1. The molecule has 0 bridgehead atoms. The van der Waals surface area contributed by atoms with Crippen LogP contribution in [0.3, 0.4) is 0 Å². The Balaban J connectivity index is 1.01. The Kier molecular flexibility index (Phi) is 10.5. The lowest BCUT2D eigenvalue weighted by atomic mass is 9.82. The molecule has 60 heavy (non-hydrogen) atoms. The predicted molar refractivity (Wildman–Crippen MR) is 230 cm³/mol. The Labute approximate surface area is 348 Å². The van der Waals surface area contributed by atoms with Crippen LogP contribution in [0.1, 0.15) is 65.6 Å². The molecule has 4 heterocycles. The van der Waals surface area contributed by atoms with Crippen LogP contribution in [-0.2, 0) is 45.9 Å². The first kappa shape index (κ1) is 38.8. The van der Waals surface area contributed by atoms with Gasteiger partial charge in [0.2, 0.25) is 11.8 Å². The lowest BCUT2D eigenvalue weighted by Crippen LogP contribution is -2.44. The van der Waals surface area contributed by atoms with E-state index in [2.05, 4.69) is 10.3 Å². The average molecular weight is 799 g/mol. The summed E-state index contributed by atoms with van der Waals surface area (Å²) in [6.45, 7) is 2.39. The number of aliphatic hydroxyl groups excluding tert-OH is 1. The minimum atomic E-state index is -1.95. The van der Waals surface area contributed by atoms with Gasteiger partial charge in [0.15, 0.2) is 5.60 Å². The summed E-state index contributed by atoms with van der Waals surface area (Å²) in [5, 5.41) is 31.5. The molecule has 2 N–H and O–H groups in total. The molecule has 0 spiro atoms. The van der Waals surface area contributed by atoms with Crippen LogP contribution in [0.4, 0.5) is 28.4 Å². The molecular weight excluding hydrogens is 753 g/mol. The topological polar surface area (TPSA) is 132 Å². The maximum atomic E-state index is 14.8. The number of hydrogen-bond donors (Lipinski definition) is 2. The molecule has 0 aliphatic carbocycles. The number of aryl methyl sites for hydroxylation is 3. The SMILES string of the molecule is C[C@@H](/C=C/CCn1cc(C(CO)c2ccccc2)nn1)[C@]1(O)C(=O)N(Cc2cccc(N3C(=O)CCc4ccccc43)c2)c2ccc(N3C(=O)CCc4ccccc43)cc21. The van der Waals surface area contributed by atoms with Crippen molar-refractivity contribution in [3.8, 4) is 0 Å². The highest BCUT2D eigenvalue weighted by Crippen LogP contribution is 2.48. The highest BCUT2D eigenvalue weighted by atomic mass is 16.3. The molecular formula is C49H46N6O5. The van der Waals surface area contributed by atoms with Gasteiger partial charge < -0.3 is 15.1 Å². The van der Waals surface area contributed by atoms with E-state index in [0.29, 0.717) is 67.0 Å². The van der Waals surface area contributed by atoms with Crippen LogP contribution in [0.2, 0.25) is 0 Å². The fourth-order valence-electron chi connectivity index (χ4n) is 8.91. The fraction of sp³-hybridized carbons (Fsp3) is 0.245. The molecule has 1 unspecified atom stereocenters. The van der Waals surface area contributed by atoms with Crippen LogP contribution >= 0.6 is 0 Å². The largest absolute Gasteiger partial charge is 0.395 e. The van der Waals surface area contributed by atoms with E-state index in [4.69, 9.17) is 0 Å². The zero-order valence-corrected chi connectivity index (χ0v) is 33.4. The maximum absolute atomic E-state index is 14.8. The second-order valence-corrected chi connectivity index (χ2v) is 15.8.